The van der Waals surface area contributed by atoms with Gasteiger partial charge < -0.3 is 33.8 Å². The first-order valence-electron chi connectivity index (χ1n) is 38.1. The Hall–Kier alpha value is -1.94. The molecule has 3 N–H and O–H groups in total. The lowest BCUT2D eigenvalue weighted by molar-refractivity contribution is -0.161. The number of rotatable bonds is 73. The van der Waals surface area contributed by atoms with Crippen LogP contribution < -0.4 is 0 Å². The zero-order chi connectivity index (χ0) is 67.7. The number of phosphoric ester groups is 2. The Labute approximate surface area is 562 Å². The molecule has 0 fully saturated rings. The highest BCUT2D eigenvalue weighted by molar-refractivity contribution is 7.47. The van der Waals surface area contributed by atoms with E-state index in [2.05, 4.69) is 34.6 Å². The molecule has 0 aromatic carbocycles. The lowest BCUT2D eigenvalue weighted by Crippen LogP contribution is -2.30. The summed E-state index contributed by atoms with van der Waals surface area (Å²) >= 11 is 0. The Kier molecular flexibility index (Phi) is 64.9. The van der Waals surface area contributed by atoms with Crippen LogP contribution in [0.1, 0.15) is 381 Å². The molecular weight excluding hydrogens is 1210 g/mol. The summed E-state index contributed by atoms with van der Waals surface area (Å²) in [5, 5.41) is 10.6. The molecule has 5 atom stereocenters. The van der Waals surface area contributed by atoms with Gasteiger partial charge in [0.1, 0.15) is 19.3 Å². The molecule has 0 bridgehead atoms. The van der Waals surface area contributed by atoms with Gasteiger partial charge in [-0.15, -0.1) is 0 Å². The lowest BCUT2D eigenvalue weighted by atomic mass is 10.0. The van der Waals surface area contributed by atoms with Crippen LogP contribution in [0.15, 0.2) is 0 Å². The number of esters is 4. The smallest absolute Gasteiger partial charge is 0.462 e. The van der Waals surface area contributed by atoms with Crippen LogP contribution in [-0.2, 0) is 65.4 Å². The molecule has 0 aromatic rings. The Balaban J connectivity index is 5.22. The van der Waals surface area contributed by atoms with E-state index in [1.54, 1.807) is 0 Å². The van der Waals surface area contributed by atoms with Crippen LogP contribution in [0.2, 0.25) is 0 Å². The molecule has 0 amide bonds. The summed E-state index contributed by atoms with van der Waals surface area (Å²) in [6, 6.07) is 0. The highest BCUT2D eigenvalue weighted by atomic mass is 31.2. The molecule has 19 heteroatoms. The highest BCUT2D eigenvalue weighted by Crippen LogP contribution is 2.45. The van der Waals surface area contributed by atoms with Crippen molar-refractivity contribution >= 4 is 39.5 Å². The van der Waals surface area contributed by atoms with Gasteiger partial charge in [0.15, 0.2) is 12.2 Å². The fourth-order valence-corrected chi connectivity index (χ4v) is 12.8. The van der Waals surface area contributed by atoms with Crippen molar-refractivity contribution < 1.29 is 80.2 Å². The first kappa shape index (κ1) is 90.1. The van der Waals surface area contributed by atoms with Crippen LogP contribution in [0.5, 0.6) is 0 Å². The third-order valence-corrected chi connectivity index (χ3v) is 18.9. The maximum Gasteiger partial charge on any atom is 0.472 e. The Morgan fingerprint density at radius 2 is 0.500 bits per heavy atom. The molecule has 17 nitrogen and oxygen atoms in total. The fourth-order valence-electron chi connectivity index (χ4n) is 11.2. The van der Waals surface area contributed by atoms with Crippen molar-refractivity contribution in [3.05, 3.63) is 0 Å². The molecule has 0 saturated carbocycles. The van der Waals surface area contributed by atoms with Gasteiger partial charge in [-0.05, 0) is 31.6 Å². The van der Waals surface area contributed by atoms with Gasteiger partial charge in [-0.25, -0.2) is 9.13 Å². The zero-order valence-corrected chi connectivity index (χ0v) is 61.5. The maximum atomic E-state index is 13.1. The van der Waals surface area contributed by atoms with E-state index < -0.39 is 97.5 Å². The van der Waals surface area contributed by atoms with Gasteiger partial charge >= 0.3 is 39.5 Å². The molecule has 0 aliphatic heterocycles. The molecule has 0 saturated heterocycles. The zero-order valence-electron chi connectivity index (χ0n) is 59.7. The molecular formula is C73H142O17P2. The highest BCUT2D eigenvalue weighted by Gasteiger charge is 2.30. The standard InChI is InChI=1S/C73H142O17P2/c1-6-9-12-15-18-21-24-25-26-30-33-38-42-47-52-57-71(76)84-63-69(90-73(78)59-54-49-44-39-34-31-28-27-29-32-35-40-45-50-55-66(4)5)65-88-92(81,82)86-61-67(74)60-85-91(79,80)87-64-68(89-72(77)58-53-48-43-37-23-20-17-14-11-8-3)62-83-70(75)56-51-46-41-36-22-19-16-13-10-7-2/h66-69,74H,6-65H2,1-5H3,(H,79,80)(H,81,82)/t67-,68+,69+/m0/s1. The predicted molar refractivity (Wildman–Crippen MR) is 372 cm³/mol. The molecule has 0 aliphatic carbocycles. The van der Waals surface area contributed by atoms with Crippen molar-refractivity contribution in [2.24, 2.45) is 5.92 Å². The molecule has 546 valence electrons. The van der Waals surface area contributed by atoms with Gasteiger partial charge in [-0.3, -0.25) is 37.3 Å². The number of carbonyl (C=O) groups is 4. The number of phosphoric acid groups is 2. The summed E-state index contributed by atoms with van der Waals surface area (Å²) in [6.07, 6.45) is 54.0. The molecule has 0 aromatic heterocycles. The summed E-state index contributed by atoms with van der Waals surface area (Å²) in [4.78, 5) is 72.6. The number of hydrogen-bond donors (Lipinski definition) is 3. The number of ether oxygens (including phenoxy) is 4. The predicted octanol–water partition coefficient (Wildman–Crippen LogP) is 21.3. The third kappa shape index (κ3) is 66.7. The minimum Gasteiger partial charge on any atom is -0.462 e. The molecule has 0 heterocycles. The van der Waals surface area contributed by atoms with Crippen molar-refractivity contribution in [3.63, 3.8) is 0 Å². The number of aliphatic hydroxyl groups is 1. The molecule has 0 spiro atoms. The summed E-state index contributed by atoms with van der Waals surface area (Å²) in [5.41, 5.74) is 0. The van der Waals surface area contributed by atoms with E-state index in [1.807, 2.05) is 0 Å². The minimum atomic E-state index is -4.95. The molecule has 0 aliphatic rings. The maximum absolute atomic E-state index is 13.1. The number of aliphatic hydroxyl groups excluding tert-OH is 1. The number of unbranched alkanes of at least 4 members (excludes halogenated alkanes) is 45. The topological polar surface area (TPSA) is 237 Å². The summed E-state index contributed by atoms with van der Waals surface area (Å²) in [5.74, 6) is -1.32. The second-order valence-corrected chi connectivity index (χ2v) is 29.7. The summed E-state index contributed by atoms with van der Waals surface area (Å²) in [6.45, 7) is 7.28. The quantitative estimate of drug-likeness (QED) is 0.0222. The van der Waals surface area contributed by atoms with Gasteiger partial charge in [0.2, 0.25) is 0 Å². The normalized spacial score (nSPS) is 14.0. The van der Waals surface area contributed by atoms with Crippen molar-refractivity contribution in [2.45, 2.75) is 400 Å². The van der Waals surface area contributed by atoms with E-state index >= 15 is 0 Å². The Bertz CT molecular complexity index is 1770. The lowest BCUT2D eigenvalue weighted by Gasteiger charge is -2.21. The number of carbonyl (C=O) groups excluding carboxylic acids is 4. The van der Waals surface area contributed by atoms with E-state index in [0.29, 0.717) is 25.7 Å². The van der Waals surface area contributed by atoms with E-state index in [9.17, 15) is 43.2 Å². The van der Waals surface area contributed by atoms with Crippen LogP contribution in [-0.4, -0.2) is 96.7 Å². The van der Waals surface area contributed by atoms with E-state index in [-0.39, 0.29) is 25.7 Å². The minimum absolute atomic E-state index is 0.107. The average Bonchev–Trinajstić information content (AvgIpc) is 1.98. The van der Waals surface area contributed by atoms with Gasteiger partial charge in [0.25, 0.3) is 0 Å². The summed E-state index contributed by atoms with van der Waals surface area (Å²) in [7, 11) is -9.90. The van der Waals surface area contributed by atoms with Crippen molar-refractivity contribution in [3.8, 4) is 0 Å². The van der Waals surface area contributed by atoms with Gasteiger partial charge in [0.05, 0.1) is 26.4 Å². The Morgan fingerprint density at radius 1 is 0.293 bits per heavy atom. The Morgan fingerprint density at radius 3 is 0.739 bits per heavy atom. The second-order valence-electron chi connectivity index (χ2n) is 26.8. The third-order valence-electron chi connectivity index (χ3n) is 17.0. The SMILES string of the molecule is CCCCCCCCCCCCCCCCCC(=O)OC[C@H](COP(=O)(O)OC[C@@H](O)COP(=O)(O)OC[C@@H](COC(=O)CCCCCCCCCCCC)OC(=O)CCCCCCCCCCCC)OC(=O)CCCCCCCCCCCCCCCCC(C)C. The first-order valence-corrected chi connectivity index (χ1v) is 41.1. The van der Waals surface area contributed by atoms with Crippen molar-refractivity contribution in [1.82, 2.24) is 0 Å². The van der Waals surface area contributed by atoms with E-state index in [1.165, 1.54) is 205 Å². The second kappa shape index (κ2) is 66.3. The van der Waals surface area contributed by atoms with Crippen LogP contribution in [0.25, 0.3) is 0 Å². The molecule has 92 heavy (non-hydrogen) atoms. The monoisotopic (exact) mass is 1350 g/mol. The van der Waals surface area contributed by atoms with Crippen molar-refractivity contribution in [2.75, 3.05) is 39.6 Å². The van der Waals surface area contributed by atoms with E-state index in [4.69, 9.17) is 37.0 Å². The first-order chi connectivity index (χ1) is 44.5. The van der Waals surface area contributed by atoms with Crippen LogP contribution >= 0.6 is 15.6 Å². The molecule has 0 radical (unpaired) electrons. The van der Waals surface area contributed by atoms with Gasteiger partial charge in [-0.2, -0.15) is 0 Å². The summed E-state index contributed by atoms with van der Waals surface area (Å²) < 4.78 is 68.4. The van der Waals surface area contributed by atoms with Crippen molar-refractivity contribution in [1.29, 1.82) is 0 Å². The largest absolute Gasteiger partial charge is 0.472 e. The molecule has 2 unspecified atom stereocenters. The van der Waals surface area contributed by atoms with Crippen LogP contribution in [0.3, 0.4) is 0 Å². The van der Waals surface area contributed by atoms with Crippen LogP contribution in [0, 0.1) is 5.92 Å². The fraction of sp³-hybridized carbons (Fsp3) is 0.945. The molecule has 0 rings (SSSR count). The van der Waals surface area contributed by atoms with E-state index in [0.717, 1.165) is 95.8 Å². The average molecular weight is 1350 g/mol. The van der Waals surface area contributed by atoms with Gasteiger partial charge in [0, 0.05) is 25.7 Å². The van der Waals surface area contributed by atoms with Gasteiger partial charge in [-0.1, -0.05) is 330 Å². The number of hydrogen-bond acceptors (Lipinski definition) is 15. The van der Waals surface area contributed by atoms with Crippen LogP contribution in [0.4, 0.5) is 0 Å².